The quantitative estimate of drug-likeness (QED) is 0.619. The monoisotopic (exact) mass is 291 g/mol. The van der Waals surface area contributed by atoms with Gasteiger partial charge in [-0.15, -0.1) is 0 Å². The van der Waals surface area contributed by atoms with Gasteiger partial charge in [-0.05, 0) is 31.9 Å². The topological polar surface area (TPSA) is 64.6 Å². The Labute approximate surface area is 124 Å². The second-order valence-electron chi connectivity index (χ2n) is 5.15. The molecule has 0 saturated carbocycles. The molecule has 21 heavy (non-hydrogen) atoms. The van der Waals surface area contributed by atoms with E-state index in [1.54, 1.807) is 24.3 Å². The highest BCUT2D eigenvalue weighted by molar-refractivity contribution is 5.97. The minimum Gasteiger partial charge on any atom is -0.378 e. The van der Waals surface area contributed by atoms with Crippen LogP contribution in [-0.4, -0.2) is 37.6 Å². The molecular formula is C16H21NO4. The van der Waals surface area contributed by atoms with Crippen LogP contribution in [-0.2, 0) is 14.3 Å². The molecule has 1 aromatic carbocycles. The summed E-state index contributed by atoms with van der Waals surface area (Å²) in [6, 6.07) is 6.91. The fraction of sp³-hybridized carbons (Fsp3) is 0.500. The second kappa shape index (κ2) is 7.90. The molecule has 0 radical (unpaired) electrons. The highest BCUT2D eigenvalue weighted by atomic mass is 16.5. The minimum atomic E-state index is -0.122. The molecule has 0 aliphatic carbocycles. The minimum absolute atomic E-state index is 0.0222. The molecule has 1 fully saturated rings. The van der Waals surface area contributed by atoms with Gasteiger partial charge in [0.05, 0.1) is 25.7 Å². The van der Waals surface area contributed by atoms with E-state index in [0.29, 0.717) is 24.5 Å². The maximum Gasteiger partial charge on any atom is 0.226 e. The van der Waals surface area contributed by atoms with Crippen molar-refractivity contribution in [1.29, 1.82) is 0 Å². The van der Waals surface area contributed by atoms with Crippen LogP contribution in [0.3, 0.4) is 0 Å². The van der Waals surface area contributed by atoms with Gasteiger partial charge in [0.15, 0.2) is 5.78 Å². The van der Waals surface area contributed by atoms with Crippen LogP contribution in [0.4, 0.5) is 5.69 Å². The van der Waals surface area contributed by atoms with Crippen molar-refractivity contribution >= 4 is 17.4 Å². The number of amides is 1. The van der Waals surface area contributed by atoms with E-state index >= 15 is 0 Å². The molecule has 5 nitrogen and oxygen atoms in total. The van der Waals surface area contributed by atoms with Gasteiger partial charge in [-0.2, -0.15) is 0 Å². The van der Waals surface area contributed by atoms with Crippen molar-refractivity contribution in [2.75, 3.05) is 25.1 Å². The first-order valence-corrected chi connectivity index (χ1v) is 7.25. The fourth-order valence-electron chi connectivity index (χ4n) is 2.19. The Bertz CT molecular complexity index is 495. The molecule has 5 heteroatoms. The van der Waals surface area contributed by atoms with E-state index in [2.05, 4.69) is 5.32 Å². The van der Waals surface area contributed by atoms with Crippen molar-refractivity contribution in [3.8, 4) is 0 Å². The third kappa shape index (κ3) is 5.28. The predicted molar refractivity (Wildman–Crippen MR) is 79.5 cm³/mol. The van der Waals surface area contributed by atoms with Crippen LogP contribution in [0.15, 0.2) is 24.3 Å². The highest BCUT2D eigenvalue weighted by Crippen LogP contribution is 2.13. The van der Waals surface area contributed by atoms with E-state index in [1.807, 2.05) is 0 Å². The van der Waals surface area contributed by atoms with Gasteiger partial charge in [-0.1, -0.05) is 12.1 Å². The lowest BCUT2D eigenvalue weighted by Gasteiger charge is -2.10. The van der Waals surface area contributed by atoms with Crippen LogP contribution in [0, 0.1) is 0 Å². The number of rotatable bonds is 7. The molecule has 1 saturated heterocycles. The Morgan fingerprint density at radius 3 is 3.00 bits per heavy atom. The zero-order valence-corrected chi connectivity index (χ0v) is 12.3. The first-order chi connectivity index (χ1) is 10.1. The summed E-state index contributed by atoms with van der Waals surface area (Å²) >= 11 is 0. The maximum atomic E-state index is 11.8. The zero-order valence-electron chi connectivity index (χ0n) is 12.3. The highest BCUT2D eigenvalue weighted by Gasteiger charge is 2.15. The van der Waals surface area contributed by atoms with Crippen molar-refractivity contribution in [2.45, 2.75) is 32.3 Å². The number of carbonyl (C=O) groups is 2. The van der Waals surface area contributed by atoms with Crippen LogP contribution < -0.4 is 5.32 Å². The summed E-state index contributed by atoms with van der Waals surface area (Å²) in [6.45, 7) is 3.23. The van der Waals surface area contributed by atoms with E-state index in [1.165, 1.54) is 6.92 Å². The third-order valence-electron chi connectivity index (χ3n) is 3.35. The number of nitrogens with one attached hydrogen (secondary N) is 1. The number of hydrogen-bond acceptors (Lipinski definition) is 4. The number of benzene rings is 1. The average Bonchev–Trinajstić information content (AvgIpc) is 2.97. The van der Waals surface area contributed by atoms with Crippen molar-refractivity contribution in [1.82, 2.24) is 0 Å². The Kier molecular flexibility index (Phi) is 5.90. The number of ether oxygens (including phenoxy) is 2. The summed E-state index contributed by atoms with van der Waals surface area (Å²) in [5.74, 6) is -0.144. The van der Waals surface area contributed by atoms with Gasteiger partial charge in [0.1, 0.15) is 0 Å². The number of anilines is 1. The molecule has 1 aromatic rings. The molecule has 0 spiro atoms. The molecule has 1 amide bonds. The van der Waals surface area contributed by atoms with Gasteiger partial charge in [-0.3, -0.25) is 9.59 Å². The summed E-state index contributed by atoms with van der Waals surface area (Å²) in [4.78, 5) is 23.1. The van der Waals surface area contributed by atoms with Gasteiger partial charge < -0.3 is 14.8 Å². The molecule has 2 rings (SSSR count). The van der Waals surface area contributed by atoms with Crippen molar-refractivity contribution in [3.63, 3.8) is 0 Å². The van der Waals surface area contributed by atoms with Crippen LogP contribution in [0.1, 0.15) is 36.5 Å². The molecule has 0 bridgehead atoms. The largest absolute Gasteiger partial charge is 0.378 e. The molecule has 1 unspecified atom stereocenters. The molecule has 1 aliphatic rings. The Balaban J connectivity index is 1.69. The summed E-state index contributed by atoms with van der Waals surface area (Å²) < 4.78 is 10.9. The Morgan fingerprint density at radius 2 is 2.29 bits per heavy atom. The average molecular weight is 291 g/mol. The first-order valence-electron chi connectivity index (χ1n) is 7.25. The molecular weight excluding hydrogens is 270 g/mol. The van der Waals surface area contributed by atoms with Crippen molar-refractivity contribution in [2.24, 2.45) is 0 Å². The van der Waals surface area contributed by atoms with Gasteiger partial charge in [0.25, 0.3) is 0 Å². The Hall–Kier alpha value is -1.72. The number of Topliss-reactive ketones (excluding diaryl/α,β-unsaturated/α-hetero) is 1. The van der Waals surface area contributed by atoms with Crippen LogP contribution in [0.25, 0.3) is 0 Å². The first kappa shape index (κ1) is 15.7. The van der Waals surface area contributed by atoms with Crippen LogP contribution in [0.5, 0.6) is 0 Å². The standard InChI is InChI=1S/C16H21NO4/c1-12(18)13-4-2-5-14(10-13)17-16(19)7-9-20-11-15-6-3-8-21-15/h2,4-5,10,15H,3,6-9,11H2,1H3,(H,17,19). The molecule has 1 heterocycles. The van der Waals surface area contributed by atoms with Crippen LogP contribution in [0.2, 0.25) is 0 Å². The third-order valence-corrected chi connectivity index (χ3v) is 3.35. The molecule has 114 valence electrons. The van der Waals surface area contributed by atoms with Crippen LogP contribution >= 0.6 is 0 Å². The molecule has 1 N–H and O–H groups in total. The van der Waals surface area contributed by atoms with E-state index in [0.717, 1.165) is 19.4 Å². The fourth-order valence-corrected chi connectivity index (χ4v) is 2.19. The van der Waals surface area contributed by atoms with Gasteiger partial charge in [-0.25, -0.2) is 0 Å². The van der Waals surface area contributed by atoms with Gasteiger partial charge in [0, 0.05) is 17.9 Å². The van der Waals surface area contributed by atoms with E-state index in [9.17, 15) is 9.59 Å². The molecule has 1 atom stereocenters. The number of carbonyl (C=O) groups excluding carboxylic acids is 2. The lowest BCUT2D eigenvalue weighted by atomic mass is 10.1. The summed E-state index contributed by atoms with van der Waals surface area (Å²) in [7, 11) is 0. The van der Waals surface area contributed by atoms with E-state index in [4.69, 9.17) is 9.47 Å². The lowest BCUT2D eigenvalue weighted by molar-refractivity contribution is -0.117. The van der Waals surface area contributed by atoms with Gasteiger partial charge >= 0.3 is 0 Å². The predicted octanol–water partition coefficient (Wildman–Crippen LogP) is 2.41. The molecule has 0 aromatic heterocycles. The summed E-state index contributed by atoms with van der Waals surface area (Å²) in [5, 5.41) is 2.76. The zero-order chi connectivity index (χ0) is 15.1. The van der Waals surface area contributed by atoms with Crippen molar-refractivity contribution < 1.29 is 19.1 Å². The second-order valence-corrected chi connectivity index (χ2v) is 5.15. The molecule has 1 aliphatic heterocycles. The number of ketones is 1. The van der Waals surface area contributed by atoms with E-state index in [-0.39, 0.29) is 24.2 Å². The normalized spacial score (nSPS) is 17.7. The SMILES string of the molecule is CC(=O)c1cccc(NC(=O)CCOCC2CCCO2)c1. The number of hydrogen-bond donors (Lipinski definition) is 1. The summed E-state index contributed by atoms with van der Waals surface area (Å²) in [6.07, 6.45) is 2.59. The van der Waals surface area contributed by atoms with E-state index < -0.39 is 0 Å². The van der Waals surface area contributed by atoms with Gasteiger partial charge in [0.2, 0.25) is 5.91 Å². The summed E-state index contributed by atoms with van der Waals surface area (Å²) in [5.41, 5.74) is 1.22. The lowest BCUT2D eigenvalue weighted by Crippen LogP contribution is -2.18. The smallest absolute Gasteiger partial charge is 0.226 e. The Morgan fingerprint density at radius 1 is 1.43 bits per heavy atom. The maximum absolute atomic E-state index is 11.8. The van der Waals surface area contributed by atoms with Crippen molar-refractivity contribution in [3.05, 3.63) is 29.8 Å².